The molecule has 0 aliphatic carbocycles. The fraction of sp³-hybridized carbons (Fsp3) is 0.300. The van der Waals surface area contributed by atoms with Crippen molar-refractivity contribution in [3.8, 4) is 5.75 Å². The van der Waals surface area contributed by atoms with E-state index in [9.17, 15) is 4.79 Å². The number of benzene rings is 1. The Labute approximate surface area is 91.4 Å². The van der Waals surface area contributed by atoms with Gasteiger partial charge in [-0.3, -0.25) is 4.79 Å². The number of carbonyl (C=O) groups is 1. The van der Waals surface area contributed by atoms with Crippen LogP contribution in [-0.2, 0) is 4.79 Å². The Morgan fingerprint density at radius 3 is 2.64 bits per heavy atom. The molecule has 0 radical (unpaired) electrons. The minimum absolute atomic E-state index is 0.0295. The molecule has 1 unspecified atom stereocenters. The van der Waals surface area contributed by atoms with Crippen LogP contribution >= 0.6 is 15.9 Å². The van der Waals surface area contributed by atoms with Gasteiger partial charge < -0.3 is 10.5 Å². The third-order valence-electron chi connectivity index (χ3n) is 1.92. The van der Waals surface area contributed by atoms with Crippen LogP contribution in [0, 0.1) is 0 Å². The van der Waals surface area contributed by atoms with Crippen molar-refractivity contribution in [2.24, 2.45) is 0 Å². The van der Waals surface area contributed by atoms with Crippen molar-refractivity contribution >= 4 is 27.4 Å². The van der Waals surface area contributed by atoms with Gasteiger partial charge in [0.25, 0.3) is 0 Å². The van der Waals surface area contributed by atoms with Crippen molar-refractivity contribution in [1.29, 1.82) is 0 Å². The molecule has 0 spiro atoms. The van der Waals surface area contributed by atoms with E-state index in [1.54, 1.807) is 25.3 Å². The second kappa shape index (κ2) is 4.46. The smallest absolute Gasteiger partial charge is 0.147 e. The van der Waals surface area contributed by atoms with E-state index in [1.807, 2.05) is 0 Å². The number of alkyl halides is 1. The van der Waals surface area contributed by atoms with E-state index in [0.29, 0.717) is 11.4 Å². The molecule has 0 heterocycles. The van der Waals surface area contributed by atoms with Gasteiger partial charge in [0.15, 0.2) is 0 Å². The van der Waals surface area contributed by atoms with Crippen LogP contribution in [0.15, 0.2) is 18.2 Å². The maximum Gasteiger partial charge on any atom is 0.147 e. The molecule has 4 heteroatoms. The van der Waals surface area contributed by atoms with E-state index in [-0.39, 0.29) is 10.6 Å². The first-order valence-electron chi connectivity index (χ1n) is 4.14. The average molecular weight is 258 g/mol. The molecule has 1 rings (SSSR count). The third-order valence-corrected chi connectivity index (χ3v) is 3.06. The molecule has 0 fully saturated rings. The van der Waals surface area contributed by atoms with Crippen molar-refractivity contribution in [3.05, 3.63) is 23.8 Å². The fourth-order valence-electron chi connectivity index (χ4n) is 1.13. The summed E-state index contributed by atoms with van der Waals surface area (Å²) < 4.78 is 5.01. The van der Waals surface area contributed by atoms with E-state index in [0.717, 1.165) is 5.56 Å². The second-order valence-corrected chi connectivity index (χ2v) is 3.88. The van der Waals surface area contributed by atoms with Gasteiger partial charge in [-0.05, 0) is 18.6 Å². The lowest BCUT2D eigenvalue weighted by atomic mass is 10.1. The average Bonchev–Trinajstić information content (AvgIpc) is 2.16. The summed E-state index contributed by atoms with van der Waals surface area (Å²) in [6, 6.07) is 5.27. The molecule has 1 aromatic rings. The minimum atomic E-state index is -0.339. The Kier molecular flexibility index (Phi) is 3.52. The van der Waals surface area contributed by atoms with Crippen LogP contribution in [-0.4, -0.2) is 12.9 Å². The number of hydrogen-bond donors (Lipinski definition) is 1. The number of anilines is 1. The molecule has 0 saturated carbocycles. The van der Waals surface area contributed by atoms with Crippen LogP contribution in [0.3, 0.4) is 0 Å². The van der Waals surface area contributed by atoms with Crippen molar-refractivity contribution in [2.45, 2.75) is 11.8 Å². The molecule has 2 N–H and O–H groups in total. The van der Waals surface area contributed by atoms with Gasteiger partial charge in [-0.1, -0.05) is 22.0 Å². The second-order valence-electron chi connectivity index (χ2n) is 2.97. The zero-order chi connectivity index (χ0) is 10.7. The van der Waals surface area contributed by atoms with Gasteiger partial charge in [0, 0.05) is 11.8 Å². The van der Waals surface area contributed by atoms with E-state index in [4.69, 9.17) is 10.5 Å². The highest BCUT2D eigenvalue weighted by atomic mass is 79.9. The van der Waals surface area contributed by atoms with Crippen LogP contribution < -0.4 is 10.5 Å². The maximum absolute atomic E-state index is 11.1. The molecule has 0 aromatic heterocycles. The lowest BCUT2D eigenvalue weighted by Crippen LogP contribution is -2.04. The predicted octanol–water partition coefficient (Wildman–Crippen LogP) is 2.30. The molecule has 0 aliphatic rings. The number of methoxy groups -OCH3 is 1. The Balaban J connectivity index is 3.05. The number of ketones is 1. The molecule has 0 saturated heterocycles. The van der Waals surface area contributed by atoms with Crippen LogP contribution in [0.25, 0.3) is 0 Å². The van der Waals surface area contributed by atoms with Crippen molar-refractivity contribution < 1.29 is 9.53 Å². The number of hydrogen-bond acceptors (Lipinski definition) is 3. The van der Waals surface area contributed by atoms with E-state index < -0.39 is 0 Å². The van der Waals surface area contributed by atoms with E-state index >= 15 is 0 Å². The predicted molar refractivity (Wildman–Crippen MR) is 59.8 cm³/mol. The van der Waals surface area contributed by atoms with Gasteiger partial charge in [-0.2, -0.15) is 0 Å². The zero-order valence-corrected chi connectivity index (χ0v) is 9.67. The highest BCUT2D eigenvalue weighted by Crippen LogP contribution is 2.30. The quantitative estimate of drug-likeness (QED) is 0.668. The first-order valence-corrected chi connectivity index (χ1v) is 5.05. The van der Waals surface area contributed by atoms with Crippen LogP contribution in [0.5, 0.6) is 5.75 Å². The van der Waals surface area contributed by atoms with E-state index in [1.165, 1.54) is 6.92 Å². The molecule has 0 amide bonds. The summed E-state index contributed by atoms with van der Waals surface area (Å²) in [4.78, 5) is 10.8. The standard InChI is InChI=1S/C10H12BrNO2/c1-6(13)10(11)8-4-3-7(14-2)5-9(8)12/h3-5,10H,12H2,1-2H3. The Hall–Kier alpha value is -1.03. The van der Waals surface area contributed by atoms with E-state index in [2.05, 4.69) is 15.9 Å². The van der Waals surface area contributed by atoms with Crippen LogP contribution in [0.1, 0.15) is 17.3 Å². The number of halogens is 1. The molecule has 3 nitrogen and oxygen atoms in total. The summed E-state index contributed by atoms with van der Waals surface area (Å²) in [6.07, 6.45) is 0. The molecule has 1 aromatic carbocycles. The van der Waals surface area contributed by atoms with Crippen LogP contribution in [0.4, 0.5) is 5.69 Å². The topological polar surface area (TPSA) is 52.3 Å². The van der Waals surface area contributed by atoms with Gasteiger partial charge in [0.2, 0.25) is 0 Å². The molecular weight excluding hydrogens is 246 g/mol. The van der Waals surface area contributed by atoms with Crippen molar-refractivity contribution in [1.82, 2.24) is 0 Å². The maximum atomic E-state index is 11.1. The largest absolute Gasteiger partial charge is 0.497 e. The first-order chi connectivity index (χ1) is 6.56. The number of nitrogen functional groups attached to an aromatic ring is 1. The Morgan fingerprint density at radius 2 is 2.21 bits per heavy atom. The highest BCUT2D eigenvalue weighted by molar-refractivity contribution is 9.09. The molecule has 1 atom stereocenters. The number of nitrogens with two attached hydrogens (primary N) is 1. The number of Topliss-reactive ketones (excluding diaryl/α,β-unsaturated/α-hetero) is 1. The molecule has 0 aliphatic heterocycles. The van der Waals surface area contributed by atoms with Gasteiger partial charge in [-0.15, -0.1) is 0 Å². The summed E-state index contributed by atoms with van der Waals surface area (Å²) >= 11 is 3.28. The first kappa shape index (κ1) is 11.0. The fourth-order valence-corrected chi connectivity index (χ4v) is 1.55. The molecule has 0 bridgehead atoms. The van der Waals surface area contributed by atoms with Gasteiger partial charge in [-0.25, -0.2) is 0 Å². The summed E-state index contributed by atoms with van der Waals surface area (Å²) in [7, 11) is 1.57. The number of carbonyl (C=O) groups excluding carboxylic acids is 1. The van der Waals surface area contributed by atoms with Gasteiger partial charge in [0.05, 0.1) is 11.9 Å². The highest BCUT2D eigenvalue weighted by Gasteiger charge is 2.15. The SMILES string of the molecule is COc1ccc(C(Br)C(C)=O)c(N)c1. The monoisotopic (exact) mass is 257 g/mol. The van der Waals surface area contributed by atoms with Gasteiger partial charge in [0.1, 0.15) is 11.5 Å². The Bertz CT molecular complexity index is 352. The molecule has 76 valence electrons. The number of rotatable bonds is 3. The lowest BCUT2D eigenvalue weighted by Gasteiger charge is -2.10. The summed E-state index contributed by atoms with van der Waals surface area (Å²) in [6.45, 7) is 1.52. The zero-order valence-electron chi connectivity index (χ0n) is 8.08. The summed E-state index contributed by atoms with van der Waals surface area (Å²) in [5.41, 5.74) is 7.11. The van der Waals surface area contributed by atoms with Gasteiger partial charge >= 0.3 is 0 Å². The molecular formula is C10H12BrNO2. The summed E-state index contributed by atoms with van der Waals surface area (Å²) in [5.74, 6) is 0.719. The summed E-state index contributed by atoms with van der Waals surface area (Å²) in [5, 5.41) is 0. The normalized spacial score (nSPS) is 12.2. The lowest BCUT2D eigenvalue weighted by molar-refractivity contribution is -0.116. The Morgan fingerprint density at radius 1 is 1.57 bits per heavy atom. The number of ether oxygens (including phenoxy) is 1. The van der Waals surface area contributed by atoms with Crippen LogP contribution in [0.2, 0.25) is 0 Å². The minimum Gasteiger partial charge on any atom is -0.497 e. The third kappa shape index (κ3) is 2.26. The van der Waals surface area contributed by atoms with Crippen molar-refractivity contribution in [3.63, 3.8) is 0 Å². The van der Waals surface area contributed by atoms with Crippen molar-refractivity contribution in [2.75, 3.05) is 12.8 Å². The molecule has 14 heavy (non-hydrogen) atoms.